The molecule has 0 heterocycles. The summed E-state index contributed by atoms with van der Waals surface area (Å²) in [6, 6.07) is 9.96. The molecule has 0 aliphatic rings. The first kappa shape index (κ1) is 13.3. The Balaban J connectivity index is 2.21. The lowest BCUT2D eigenvalue weighted by atomic mass is 10.1. The average Bonchev–Trinajstić information content (AvgIpc) is 2.30. The standard InChI is InChI=1S/C14H20OS/c1-3-12(2)10-16-11-14(15)9-13-7-5-4-6-8-13/h4-8,12H,3,9-11H2,1-2H3. The Morgan fingerprint density at radius 1 is 1.31 bits per heavy atom. The molecule has 88 valence electrons. The van der Waals surface area contributed by atoms with Crippen LogP contribution in [0.25, 0.3) is 0 Å². The van der Waals surface area contributed by atoms with Crippen molar-refractivity contribution < 1.29 is 4.79 Å². The predicted octanol–water partition coefficient (Wildman–Crippen LogP) is 3.58. The molecule has 1 nitrogen and oxygen atoms in total. The minimum absolute atomic E-state index is 0.333. The van der Waals surface area contributed by atoms with E-state index in [9.17, 15) is 4.79 Å². The normalized spacial score (nSPS) is 12.4. The zero-order valence-electron chi connectivity index (χ0n) is 10.1. The van der Waals surface area contributed by atoms with Crippen molar-refractivity contribution in [3.63, 3.8) is 0 Å². The Morgan fingerprint density at radius 2 is 2.00 bits per heavy atom. The Labute approximate surface area is 103 Å². The summed E-state index contributed by atoms with van der Waals surface area (Å²) in [5, 5.41) is 0. The van der Waals surface area contributed by atoms with E-state index in [-0.39, 0.29) is 0 Å². The summed E-state index contributed by atoms with van der Waals surface area (Å²) in [7, 11) is 0. The van der Waals surface area contributed by atoms with Gasteiger partial charge in [-0.3, -0.25) is 4.79 Å². The fourth-order valence-electron chi connectivity index (χ4n) is 1.37. The molecule has 0 amide bonds. The van der Waals surface area contributed by atoms with Crippen molar-refractivity contribution in [2.75, 3.05) is 11.5 Å². The van der Waals surface area contributed by atoms with Crippen molar-refractivity contribution in [3.8, 4) is 0 Å². The fraction of sp³-hybridized carbons (Fsp3) is 0.500. The van der Waals surface area contributed by atoms with Gasteiger partial charge in [0.25, 0.3) is 0 Å². The molecule has 1 aromatic carbocycles. The first-order valence-corrected chi connectivity index (χ1v) is 7.01. The third kappa shape index (κ3) is 5.36. The van der Waals surface area contributed by atoms with Gasteiger partial charge in [0.1, 0.15) is 5.78 Å². The first-order valence-electron chi connectivity index (χ1n) is 5.85. The lowest BCUT2D eigenvalue weighted by Gasteiger charge is -2.07. The van der Waals surface area contributed by atoms with E-state index in [1.807, 2.05) is 30.3 Å². The van der Waals surface area contributed by atoms with Gasteiger partial charge in [-0.25, -0.2) is 0 Å². The van der Waals surface area contributed by atoms with Crippen LogP contribution >= 0.6 is 11.8 Å². The maximum atomic E-state index is 11.7. The summed E-state index contributed by atoms with van der Waals surface area (Å²) in [5.41, 5.74) is 1.12. The molecule has 0 aliphatic heterocycles. The molecular weight excluding hydrogens is 216 g/mol. The van der Waals surface area contributed by atoms with Gasteiger partial charge in [0, 0.05) is 6.42 Å². The molecule has 1 rings (SSSR count). The van der Waals surface area contributed by atoms with Crippen LogP contribution < -0.4 is 0 Å². The quantitative estimate of drug-likeness (QED) is 0.720. The van der Waals surface area contributed by atoms with Crippen molar-refractivity contribution >= 4 is 17.5 Å². The molecule has 2 heteroatoms. The van der Waals surface area contributed by atoms with Crippen molar-refractivity contribution in [2.45, 2.75) is 26.7 Å². The van der Waals surface area contributed by atoms with E-state index in [2.05, 4.69) is 13.8 Å². The largest absolute Gasteiger partial charge is 0.298 e. The maximum absolute atomic E-state index is 11.7. The van der Waals surface area contributed by atoms with E-state index in [4.69, 9.17) is 0 Å². The lowest BCUT2D eigenvalue weighted by molar-refractivity contribution is -0.116. The molecule has 0 saturated heterocycles. The Bertz CT molecular complexity index is 308. The van der Waals surface area contributed by atoms with Gasteiger partial charge in [-0.15, -0.1) is 0 Å². The van der Waals surface area contributed by atoms with Gasteiger partial charge < -0.3 is 0 Å². The van der Waals surface area contributed by atoms with Crippen LogP contribution in [0, 0.1) is 5.92 Å². The van der Waals surface area contributed by atoms with E-state index in [0.29, 0.717) is 18.0 Å². The summed E-state index contributed by atoms with van der Waals surface area (Å²) in [6.07, 6.45) is 1.77. The molecule has 0 aromatic heterocycles. The van der Waals surface area contributed by atoms with Crippen LogP contribution in [-0.4, -0.2) is 17.3 Å². The Morgan fingerprint density at radius 3 is 2.62 bits per heavy atom. The first-order chi connectivity index (χ1) is 7.72. The predicted molar refractivity (Wildman–Crippen MR) is 71.9 cm³/mol. The van der Waals surface area contributed by atoms with Gasteiger partial charge >= 0.3 is 0 Å². The van der Waals surface area contributed by atoms with Gasteiger partial charge in [0.2, 0.25) is 0 Å². The highest BCUT2D eigenvalue weighted by Gasteiger charge is 2.05. The average molecular weight is 236 g/mol. The fourth-order valence-corrected chi connectivity index (χ4v) is 2.45. The molecule has 1 atom stereocenters. The highest BCUT2D eigenvalue weighted by atomic mass is 32.2. The van der Waals surface area contributed by atoms with Crippen LogP contribution in [0.1, 0.15) is 25.8 Å². The topological polar surface area (TPSA) is 17.1 Å². The molecule has 0 aliphatic carbocycles. The molecule has 0 bridgehead atoms. The molecule has 0 N–H and O–H groups in total. The Hall–Kier alpha value is -0.760. The van der Waals surface area contributed by atoms with E-state index < -0.39 is 0 Å². The van der Waals surface area contributed by atoms with Crippen LogP contribution in [0.2, 0.25) is 0 Å². The van der Waals surface area contributed by atoms with Crippen LogP contribution in [0.3, 0.4) is 0 Å². The number of carbonyl (C=O) groups excluding carboxylic acids is 1. The number of Topliss-reactive ketones (excluding diaryl/α,β-unsaturated/α-hetero) is 1. The number of hydrogen-bond acceptors (Lipinski definition) is 2. The van der Waals surface area contributed by atoms with Gasteiger partial charge in [0.05, 0.1) is 5.75 Å². The number of hydrogen-bond donors (Lipinski definition) is 0. The highest BCUT2D eigenvalue weighted by Crippen LogP contribution is 2.12. The molecule has 1 aromatic rings. The summed E-state index contributed by atoms with van der Waals surface area (Å²) in [6.45, 7) is 4.42. The van der Waals surface area contributed by atoms with E-state index >= 15 is 0 Å². The molecule has 0 fully saturated rings. The number of thioether (sulfide) groups is 1. The zero-order valence-corrected chi connectivity index (χ0v) is 10.9. The summed E-state index contributed by atoms with van der Waals surface area (Å²) in [4.78, 5) is 11.7. The third-order valence-corrected chi connectivity index (χ3v) is 3.94. The lowest BCUT2D eigenvalue weighted by Crippen LogP contribution is -2.07. The van der Waals surface area contributed by atoms with Crippen LogP contribution in [0.4, 0.5) is 0 Å². The molecule has 0 saturated carbocycles. The summed E-state index contributed by atoms with van der Waals surface area (Å²) >= 11 is 1.76. The monoisotopic (exact) mass is 236 g/mol. The minimum atomic E-state index is 0.333. The van der Waals surface area contributed by atoms with Crippen molar-refractivity contribution in [3.05, 3.63) is 35.9 Å². The molecule has 1 unspecified atom stereocenters. The van der Waals surface area contributed by atoms with E-state index in [1.165, 1.54) is 6.42 Å². The second kappa shape index (κ2) is 7.50. The minimum Gasteiger partial charge on any atom is -0.298 e. The molecule has 16 heavy (non-hydrogen) atoms. The van der Waals surface area contributed by atoms with Crippen molar-refractivity contribution in [2.24, 2.45) is 5.92 Å². The van der Waals surface area contributed by atoms with Crippen molar-refractivity contribution in [1.29, 1.82) is 0 Å². The van der Waals surface area contributed by atoms with Gasteiger partial charge in [-0.1, -0.05) is 50.6 Å². The zero-order chi connectivity index (χ0) is 11.8. The van der Waals surface area contributed by atoms with Crippen LogP contribution in [0.5, 0.6) is 0 Å². The molecule has 0 spiro atoms. The second-order valence-electron chi connectivity index (χ2n) is 4.23. The second-order valence-corrected chi connectivity index (χ2v) is 5.26. The van der Waals surface area contributed by atoms with E-state index in [0.717, 1.165) is 17.2 Å². The molecular formula is C14H20OS. The van der Waals surface area contributed by atoms with Gasteiger partial charge in [0.15, 0.2) is 0 Å². The van der Waals surface area contributed by atoms with Crippen LogP contribution in [-0.2, 0) is 11.2 Å². The smallest absolute Gasteiger partial charge is 0.147 e. The van der Waals surface area contributed by atoms with E-state index in [1.54, 1.807) is 11.8 Å². The Kier molecular flexibility index (Phi) is 6.24. The maximum Gasteiger partial charge on any atom is 0.147 e. The third-order valence-electron chi connectivity index (χ3n) is 2.61. The number of ketones is 1. The number of carbonyl (C=O) groups is 1. The summed E-state index contributed by atoms with van der Waals surface area (Å²) < 4.78 is 0. The number of rotatable bonds is 7. The number of benzene rings is 1. The van der Waals surface area contributed by atoms with Crippen molar-refractivity contribution in [1.82, 2.24) is 0 Å². The van der Waals surface area contributed by atoms with Gasteiger partial charge in [-0.2, -0.15) is 11.8 Å². The highest BCUT2D eigenvalue weighted by molar-refractivity contribution is 7.99. The van der Waals surface area contributed by atoms with Gasteiger partial charge in [-0.05, 0) is 17.2 Å². The summed E-state index contributed by atoms with van der Waals surface area (Å²) in [5.74, 6) is 2.80. The SMILES string of the molecule is CCC(C)CSCC(=O)Cc1ccccc1. The van der Waals surface area contributed by atoms with Crippen LogP contribution in [0.15, 0.2) is 30.3 Å². The molecule has 0 radical (unpaired) electrons.